The van der Waals surface area contributed by atoms with Crippen molar-refractivity contribution in [1.82, 2.24) is 0 Å². The molecule has 0 aliphatic rings. The van der Waals surface area contributed by atoms with Crippen molar-refractivity contribution in [3.05, 3.63) is 33.3 Å². The topological polar surface area (TPSA) is 0 Å². The van der Waals surface area contributed by atoms with Gasteiger partial charge in [-0.05, 0) is 42.9 Å². The Hall–Kier alpha value is -0.300. The molecule has 0 spiro atoms. The van der Waals surface area contributed by atoms with E-state index in [1.54, 1.807) is 0 Å². The van der Waals surface area contributed by atoms with Gasteiger partial charge < -0.3 is 0 Å². The van der Waals surface area contributed by atoms with E-state index in [-0.39, 0.29) is 0 Å². The SMILES string of the molecule is CCC(C)c1c(C)ccc(C)c1Br. The van der Waals surface area contributed by atoms with Gasteiger partial charge in [-0.3, -0.25) is 0 Å². The third-order valence-electron chi connectivity index (χ3n) is 2.70. The van der Waals surface area contributed by atoms with Crippen LogP contribution in [0.4, 0.5) is 0 Å². The maximum Gasteiger partial charge on any atom is 0.0241 e. The minimum Gasteiger partial charge on any atom is -0.0648 e. The van der Waals surface area contributed by atoms with Crippen LogP contribution in [0, 0.1) is 13.8 Å². The molecule has 0 N–H and O–H groups in total. The molecule has 0 saturated heterocycles. The van der Waals surface area contributed by atoms with Crippen LogP contribution in [0.1, 0.15) is 42.9 Å². The van der Waals surface area contributed by atoms with Crippen LogP contribution in [0.15, 0.2) is 16.6 Å². The van der Waals surface area contributed by atoms with Crippen LogP contribution in [0.5, 0.6) is 0 Å². The van der Waals surface area contributed by atoms with Crippen LogP contribution < -0.4 is 0 Å². The van der Waals surface area contributed by atoms with Gasteiger partial charge in [0.15, 0.2) is 0 Å². The first-order valence-corrected chi connectivity index (χ1v) is 5.62. The van der Waals surface area contributed by atoms with E-state index in [1.807, 2.05) is 0 Å². The smallest absolute Gasteiger partial charge is 0.0241 e. The molecule has 1 rings (SSSR count). The van der Waals surface area contributed by atoms with Crippen molar-refractivity contribution in [3.8, 4) is 0 Å². The lowest BCUT2D eigenvalue weighted by atomic mass is 9.93. The van der Waals surface area contributed by atoms with E-state index < -0.39 is 0 Å². The zero-order chi connectivity index (χ0) is 10.0. The van der Waals surface area contributed by atoms with E-state index in [0.717, 1.165) is 0 Å². The maximum absolute atomic E-state index is 3.67. The summed E-state index contributed by atoms with van der Waals surface area (Å²) in [6, 6.07) is 4.38. The van der Waals surface area contributed by atoms with Crippen LogP contribution in [0.25, 0.3) is 0 Å². The van der Waals surface area contributed by atoms with Gasteiger partial charge in [0.2, 0.25) is 0 Å². The fourth-order valence-electron chi connectivity index (χ4n) is 1.61. The van der Waals surface area contributed by atoms with E-state index in [4.69, 9.17) is 0 Å². The number of halogens is 1. The Bertz CT molecular complexity index is 302. The molecule has 0 radical (unpaired) electrons. The molecule has 0 aromatic heterocycles. The van der Waals surface area contributed by atoms with Crippen LogP contribution in [0.3, 0.4) is 0 Å². The van der Waals surface area contributed by atoms with Gasteiger partial charge in [0, 0.05) is 4.47 Å². The van der Waals surface area contributed by atoms with Crippen molar-refractivity contribution >= 4 is 15.9 Å². The summed E-state index contributed by atoms with van der Waals surface area (Å²) in [7, 11) is 0. The third-order valence-corrected chi connectivity index (χ3v) is 3.75. The molecule has 0 aliphatic carbocycles. The Morgan fingerprint density at radius 3 is 2.31 bits per heavy atom. The second-order valence-corrected chi connectivity index (χ2v) is 4.53. The normalized spacial score (nSPS) is 13.0. The average molecular weight is 241 g/mol. The Labute approximate surface area is 89.5 Å². The molecule has 72 valence electrons. The predicted molar refractivity (Wildman–Crippen MR) is 62.3 cm³/mol. The summed E-state index contributed by atoms with van der Waals surface area (Å²) in [4.78, 5) is 0. The highest BCUT2D eigenvalue weighted by molar-refractivity contribution is 9.10. The van der Waals surface area contributed by atoms with Gasteiger partial charge >= 0.3 is 0 Å². The Kier molecular flexibility index (Phi) is 3.55. The quantitative estimate of drug-likeness (QED) is 0.710. The first kappa shape index (κ1) is 10.8. The lowest BCUT2D eigenvalue weighted by Crippen LogP contribution is -1.98. The molecule has 0 heterocycles. The molecule has 1 heteroatoms. The van der Waals surface area contributed by atoms with Gasteiger partial charge in [0.05, 0.1) is 0 Å². The zero-order valence-corrected chi connectivity index (χ0v) is 10.4. The lowest BCUT2D eigenvalue weighted by molar-refractivity contribution is 0.723. The van der Waals surface area contributed by atoms with Crippen molar-refractivity contribution in [1.29, 1.82) is 0 Å². The van der Waals surface area contributed by atoms with Crippen molar-refractivity contribution < 1.29 is 0 Å². The standard InChI is InChI=1S/C12H17Br/c1-5-8(2)11-9(3)6-7-10(4)12(11)13/h6-8H,5H2,1-4H3. The largest absolute Gasteiger partial charge is 0.0648 e. The van der Waals surface area contributed by atoms with Crippen molar-refractivity contribution in [2.45, 2.75) is 40.0 Å². The second kappa shape index (κ2) is 4.28. The van der Waals surface area contributed by atoms with Crippen molar-refractivity contribution in [2.24, 2.45) is 0 Å². The van der Waals surface area contributed by atoms with Crippen molar-refractivity contribution in [2.75, 3.05) is 0 Å². The minimum atomic E-state index is 0.647. The molecule has 0 fully saturated rings. The van der Waals surface area contributed by atoms with E-state index in [1.165, 1.54) is 27.6 Å². The van der Waals surface area contributed by atoms with Gasteiger partial charge in [-0.2, -0.15) is 0 Å². The van der Waals surface area contributed by atoms with Gasteiger partial charge in [-0.15, -0.1) is 0 Å². The average Bonchev–Trinajstić information content (AvgIpc) is 2.12. The monoisotopic (exact) mass is 240 g/mol. The highest BCUT2D eigenvalue weighted by atomic mass is 79.9. The number of benzene rings is 1. The molecule has 0 nitrogen and oxygen atoms in total. The Morgan fingerprint density at radius 2 is 1.77 bits per heavy atom. The Balaban J connectivity index is 3.25. The molecule has 1 aromatic rings. The molecule has 1 aromatic carbocycles. The summed E-state index contributed by atoms with van der Waals surface area (Å²) in [5.41, 5.74) is 4.20. The summed E-state index contributed by atoms with van der Waals surface area (Å²) in [5, 5.41) is 0. The molecule has 13 heavy (non-hydrogen) atoms. The van der Waals surface area contributed by atoms with Gasteiger partial charge in [0.1, 0.15) is 0 Å². The zero-order valence-electron chi connectivity index (χ0n) is 8.82. The summed E-state index contributed by atoms with van der Waals surface area (Å²) in [5.74, 6) is 0.647. The van der Waals surface area contributed by atoms with E-state index >= 15 is 0 Å². The molecule has 1 atom stereocenters. The predicted octanol–water partition coefficient (Wildman–Crippen LogP) is 4.58. The maximum atomic E-state index is 3.67. The van der Waals surface area contributed by atoms with E-state index in [9.17, 15) is 0 Å². The molecule has 0 amide bonds. The molecular formula is C12H17Br. The van der Waals surface area contributed by atoms with Gasteiger partial charge in [0.25, 0.3) is 0 Å². The van der Waals surface area contributed by atoms with Crippen LogP contribution in [-0.2, 0) is 0 Å². The first-order valence-electron chi connectivity index (χ1n) is 4.83. The fourth-order valence-corrected chi connectivity index (χ4v) is 2.44. The number of aryl methyl sites for hydroxylation is 2. The minimum absolute atomic E-state index is 0.647. The van der Waals surface area contributed by atoms with E-state index in [0.29, 0.717) is 5.92 Å². The van der Waals surface area contributed by atoms with E-state index in [2.05, 4.69) is 55.8 Å². The number of hydrogen-bond acceptors (Lipinski definition) is 0. The van der Waals surface area contributed by atoms with Crippen LogP contribution in [-0.4, -0.2) is 0 Å². The number of hydrogen-bond donors (Lipinski definition) is 0. The Morgan fingerprint density at radius 1 is 1.23 bits per heavy atom. The fraction of sp³-hybridized carbons (Fsp3) is 0.500. The molecule has 0 bridgehead atoms. The first-order chi connectivity index (χ1) is 6.07. The summed E-state index contributed by atoms with van der Waals surface area (Å²) >= 11 is 3.67. The van der Waals surface area contributed by atoms with Gasteiger partial charge in [-0.25, -0.2) is 0 Å². The van der Waals surface area contributed by atoms with Gasteiger partial charge in [-0.1, -0.05) is 41.9 Å². The lowest BCUT2D eigenvalue weighted by Gasteiger charge is -2.16. The molecular weight excluding hydrogens is 224 g/mol. The molecule has 0 aliphatic heterocycles. The summed E-state index contributed by atoms with van der Waals surface area (Å²) in [6.45, 7) is 8.85. The summed E-state index contributed by atoms with van der Waals surface area (Å²) in [6.07, 6.45) is 1.20. The van der Waals surface area contributed by atoms with Crippen LogP contribution >= 0.6 is 15.9 Å². The molecule has 0 saturated carbocycles. The third kappa shape index (κ3) is 2.14. The van der Waals surface area contributed by atoms with Crippen molar-refractivity contribution in [3.63, 3.8) is 0 Å². The molecule has 1 unspecified atom stereocenters. The number of rotatable bonds is 2. The summed E-state index contributed by atoms with van der Waals surface area (Å²) < 4.78 is 1.29. The highest BCUT2D eigenvalue weighted by Crippen LogP contribution is 2.32. The van der Waals surface area contributed by atoms with Crippen LogP contribution in [0.2, 0.25) is 0 Å². The second-order valence-electron chi connectivity index (χ2n) is 3.74. The highest BCUT2D eigenvalue weighted by Gasteiger charge is 2.11.